The maximum Gasteiger partial charge on any atom is 0.307 e. The molecule has 0 bridgehead atoms. The molecule has 0 saturated heterocycles. The number of ether oxygens (including phenoxy) is 1. The second-order valence-corrected chi connectivity index (χ2v) is 8.35. The third-order valence-corrected chi connectivity index (χ3v) is 5.89. The number of anilines is 1. The van der Waals surface area contributed by atoms with E-state index in [0.29, 0.717) is 12.5 Å². The Morgan fingerprint density at radius 1 is 1.38 bits per heavy atom. The Balaban J connectivity index is 2.01. The first-order valence-electron chi connectivity index (χ1n) is 8.99. The number of benzene rings is 1. The predicted octanol–water partition coefficient (Wildman–Crippen LogP) is 3.94. The Morgan fingerprint density at radius 2 is 2.12 bits per heavy atom. The summed E-state index contributed by atoms with van der Waals surface area (Å²) < 4.78 is 7.19. The molecule has 5 nitrogen and oxygen atoms in total. The van der Waals surface area contributed by atoms with E-state index >= 15 is 0 Å². The summed E-state index contributed by atoms with van der Waals surface area (Å²) in [6, 6.07) is 5.93. The number of rotatable bonds is 4. The van der Waals surface area contributed by atoms with Gasteiger partial charge < -0.3 is 9.64 Å². The van der Waals surface area contributed by atoms with Crippen LogP contribution < -0.4 is 14.5 Å². The Morgan fingerprint density at radius 3 is 2.73 bits per heavy atom. The maximum absolute atomic E-state index is 13.2. The molecule has 1 aliphatic heterocycles. The van der Waals surface area contributed by atoms with Crippen molar-refractivity contribution in [1.29, 1.82) is 0 Å². The molecule has 0 saturated carbocycles. The molecule has 2 heterocycles. The van der Waals surface area contributed by atoms with Gasteiger partial charge in [0.2, 0.25) is 5.91 Å². The lowest BCUT2D eigenvalue weighted by atomic mass is 9.80. The number of carbonyl (C=O) groups is 1. The summed E-state index contributed by atoms with van der Waals surface area (Å²) in [6.07, 6.45) is 0.860. The fourth-order valence-electron chi connectivity index (χ4n) is 3.94. The Bertz CT molecular complexity index is 881. The number of amides is 1. The van der Waals surface area contributed by atoms with Crippen LogP contribution in [0.15, 0.2) is 28.4 Å². The number of aryl methyl sites for hydroxylation is 1. The third-order valence-electron chi connectivity index (χ3n) is 5.01. The largest absolute Gasteiger partial charge is 0.494 e. The lowest BCUT2D eigenvalue weighted by Gasteiger charge is -2.46. The Kier molecular flexibility index (Phi) is 4.97. The summed E-state index contributed by atoms with van der Waals surface area (Å²) in [4.78, 5) is 27.0. The van der Waals surface area contributed by atoms with Crippen molar-refractivity contribution in [3.63, 3.8) is 0 Å². The zero-order valence-electron chi connectivity index (χ0n) is 16.0. The number of nitrogens with zero attached hydrogens (tertiary/aromatic N) is 2. The summed E-state index contributed by atoms with van der Waals surface area (Å²) in [5, 5.41) is 1.79. The van der Waals surface area contributed by atoms with Gasteiger partial charge in [0, 0.05) is 22.3 Å². The molecule has 1 amide bonds. The van der Waals surface area contributed by atoms with Gasteiger partial charge >= 0.3 is 4.87 Å². The summed E-state index contributed by atoms with van der Waals surface area (Å²) in [5.41, 5.74) is 2.55. The first-order valence-corrected chi connectivity index (χ1v) is 9.87. The standard InChI is InChI=1S/C20H26N2O3S/c1-6-25-15-7-8-17-16(9-15)13(2)10-20(4,5)22(17)18(23)11-21-14(3)12-26-19(21)24/h7-9,12-13H,6,10-11H2,1-5H3. The van der Waals surface area contributed by atoms with E-state index < -0.39 is 0 Å². The van der Waals surface area contributed by atoms with E-state index in [1.807, 2.05) is 36.9 Å². The highest BCUT2D eigenvalue weighted by Crippen LogP contribution is 2.44. The van der Waals surface area contributed by atoms with Crippen LogP contribution in [-0.4, -0.2) is 22.6 Å². The highest BCUT2D eigenvalue weighted by molar-refractivity contribution is 7.07. The molecule has 1 atom stereocenters. The van der Waals surface area contributed by atoms with Crippen molar-refractivity contribution in [2.75, 3.05) is 11.5 Å². The number of thiazole rings is 1. The van der Waals surface area contributed by atoms with E-state index in [-0.39, 0.29) is 22.9 Å². The monoisotopic (exact) mass is 374 g/mol. The SMILES string of the molecule is CCOc1ccc2c(c1)C(C)CC(C)(C)N2C(=O)Cn1c(C)csc1=O. The number of hydrogen-bond acceptors (Lipinski definition) is 4. The van der Waals surface area contributed by atoms with Crippen molar-refractivity contribution in [1.82, 2.24) is 4.57 Å². The van der Waals surface area contributed by atoms with Crippen molar-refractivity contribution in [2.45, 2.75) is 59.0 Å². The van der Waals surface area contributed by atoms with Crippen LogP contribution in [0.2, 0.25) is 0 Å². The molecular weight excluding hydrogens is 348 g/mol. The van der Waals surface area contributed by atoms with Crippen LogP contribution in [0.25, 0.3) is 0 Å². The fourth-order valence-corrected chi connectivity index (χ4v) is 4.67. The molecule has 6 heteroatoms. The second kappa shape index (κ2) is 6.91. The minimum absolute atomic E-state index is 0.0593. The van der Waals surface area contributed by atoms with E-state index in [1.165, 1.54) is 0 Å². The topological polar surface area (TPSA) is 51.5 Å². The molecule has 1 unspecified atom stereocenters. The normalized spacial score (nSPS) is 18.5. The van der Waals surface area contributed by atoms with Gasteiger partial charge in [-0.3, -0.25) is 14.2 Å². The van der Waals surface area contributed by atoms with Crippen LogP contribution in [0.1, 0.15) is 51.3 Å². The summed E-state index contributed by atoms with van der Waals surface area (Å²) in [6.45, 7) is 10.9. The van der Waals surface area contributed by atoms with Crippen molar-refractivity contribution < 1.29 is 9.53 Å². The molecule has 140 valence electrons. The van der Waals surface area contributed by atoms with Gasteiger partial charge in [0.25, 0.3) is 0 Å². The van der Waals surface area contributed by atoms with Gasteiger partial charge in [-0.2, -0.15) is 0 Å². The highest BCUT2D eigenvalue weighted by Gasteiger charge is 2.40. The smallest absolute Gasteiger partial charge is 0.307 e. The number of aromatic nitrogens is 1. The average molecular weight is 375 g/mol. The average Bonchev–Trinajstić information content (AvgIpc) is 2.87. The van der Waals surface area contributed by atoms with E-state index in [2.05, 4.69) is 20.8 Å². The van der Waals surface area contributed by atoms with Crippen molar-refractivity contribution in [3.05, 3.63) is 44.5 Å². The molecular formula is C20H26N2O3S. The van der Waals surface area contributed by atoms with Crippen LogP contribution in [-0.2, 0) is 11.3 Å². The van der Waals surface area contributed by atoms with Crippen LogP contribution in [0.5, 0.6) is 5.75 Å². The minimum atomic E-state index is -0.315. The number of carbonyl (C=O) groups excluding carboxylic acids is 1. The van der Waals surface area contributed by atoms with Crippen molar-refractivity contribution in [2.24, 2.45) is 0 Å². The van der Waals surface area contributed by atoms with Crippen LogP contribution >= 0.6 is 11.3 Å². The Labute approximate surface area is 158 Å². The zero-order valence-corrected chi connectivity index (χ0v) is 16.9. The second-order valence-electron chi connectivity index (χ2n) is 7.53. The first-order chi connectivity index (χ1) is 12.2. The minimum Gasteiger partial charge on any atom is -0.494 e. The molecule has 1 aliphatic rings. The molecule has 0 spiro atoms. The van der Waals surface area contributed by atoms with Gasteiger partial charge in [-0.1, -0.05) is 18.3 Å². The number of fused-ring (bicyclic) bond motifs is 1. The van der Waals surface area contributed by atoms with Gasteiger partial charge in [0.15, 0.2) is 0 Å². The predicted molar refractivity (Wildman–Crippen MR) is 106 cm³/mol. The van der Waals surface area contributed by atoms with Gasteiger partial charge in [0.1, 0.15) is 12.3 Å². The summed E-state index contributed by atoms with van der Waals surface area (Å²) in [7, 11) is 0. The lowest BCUT2D eigenvalue weighted by molar-refractivity contribution is -0.120. The molecule has 1 aromatic carbocycles. The van der Waals surface area contributed by atoms with Crippen LogP contribution in [0.4, 0.5) is 5.69 Å². The summed E-state index contributed by atoms with van der Waals surface area (Å²) >= 11 is 1.13. The van der Waals surface area contributed by atoms with Crippen LogP contribution in [0, 0.1) is 6.92 Å². The molecule has 0 aliphatic carbocycles. The van der Waals surface area contributed by atoms with E-state index in [9.17, 15) is 9.59 Å². The van der Waals surface area contributed by atoms with Crippen molar-refractivity contribution in [3.8, 4) is 5.75 Å². The fraction of sp³-hybridized carbons (Fsp3) is 0.500. The van der Waals surface area contributed by atoms with Gasteiger partial charge in [-0.25, -0.2) is 0 Å². The number of hydrogen-bond donors (Lipinski definition) is 0. The molecule has 1 aromatic heterocycles. The highest BCUT2D eigenvalue weighted by atomic mass is 32.1. The quantitative estimate of drug-likeness (QED) is 0.815. The molecule has 0 N–H and O–H groups in total. The van der Waals surface area contributed by atoms with Gasteiger partial charge in [0.05, 0.1) is 6.61 Å². The van der Waals surface area contributed by atoms with E-state index in [0.717, 1.165) is 40.5 Å². The van der Waals surface area contributed by atoms with Crippen LogP contribution in [0.3, 0.4) is 0 Å². The van der Waals surface area contributed by atoms with E-state index in [4.69, 9.17) is 4.74 Å². The molecule has 0 radical (unpaired) electrons. The lowest BCUT2D eigenvalue weighted by Crippen LogP contribution is -2.53. The summed E-state index contributed by atoms with van der Waals surface area (Å²) in [5.74, 6) is 1.10. The Hall–Kier alpha value is -2.08. The maximum atomic E-state index is 13.2. The molecule has 0 fully saturated rings. The first kappa shape index (κ1) is 18.7. The van der Waals surface area contributed by atoms with Gasteiger partial charge in [-0.05, 0) is 63.8 Å². The van der Waals surface area contributed by atoms with Gasteiger partial charge in [-0.15, -0.1) is 0 Å². The molecule has 3 rings (SSSR count). The van der Waals surface area contributed by atoms with E-state index in [1.54, 1.807) is 9.95 Å². The van der Waals surface area contributed by atoms with Crippen molar-refractivity contribution >= 4 is 22.9 Å². The molecule has 2 aromatic rings. The molecule has 26 heavy (non-hydrogen) atoms. The third kappa shape index (κ3) is 3.30. The zero-order chi connectivity index (χ0) is 19.1.